The molecule has 0 unspecified atom stereocenters. The minimum absolute atomic E-state index is 0.147. The van der Waals surface area contributed by atoms with Gasteiger partial charge in [0.05, 0.1) is 18.4 Å². The zero-order valence-corrected chi connectivity index (χ0v) is 21.6. The smallest absolute Gasteiger partial charge is 0.341 e. The van der Waals surface area contributed by atoms with Crippen LogP contribution in [-0.2, 0) is 22.4 Å². The van der Waals surface area contributed by atoms with Crippen molar-refractivity contribution in [2.24, 2.45) is 0 Å². The molecule has 10 heteroatoms. The summed E-state index contributed by atoms with van der Waals surface area (Å²) in [5.41, 5.74) is 2.41. The number of nitrogens with zero attached hydrogens (tertiary/aromatic N) is 3. The molecular formula is C22H28N4O3S3. The third-order valence-electron chi connectivity index (χ3n) is 4.98. The Morgan fingerprint density at radius 1 is 1.25 bits per heavy atom. The van der Waals surface area contributed by atoms with Crippen LogP contribution in [0.25, 0.3) is 11.4 Å². The molecule has 0 radical (unpaired) electrons. The molecule has 0 saturated carbocycles. The predicted molar refractivity (Wildman–Crippen MR) is 132 cm³/mol. The molecule has 0 spiro atoms. The lowest BCUT2D eigenvalue weighted by Crippen LogP contribution is -2.17. The van der Waals surface area contributed by atoms with Gasteiger partial charge in [-0.25, -0.2) is 4.79 Å². The number of anilines is 1. The summed E-state index contributed by atoms with van der Waals surface area (Å²) in [6.45, 7) is 10.2. The Kier molecular flexibility index (Phi) is 8.13. The molecule has 1 amide bonds. The molecule has 3 aromatic rings. The quantitative estimate of drug-likeness (QED) is 0.309. The van der Waals surface area contributed by atoms with Crippen LogP contribution in [0.3, 0.4) is 0 Å². The molecule has 0 atom stereocenters. The van der Waals surface area contributed by atoms with E-state index in [4.69, 9.17) is 4.74 Å². The standard InChI is InChI=1S/C22H28N4O3S3/c1-7-15-9-14(10-30-15)19-24-25-22(26(19)12(3)4)31-11-17(27)23-20-18(21(28)29-6)16(8-2)13(5)32-20/h9-10,12H,7-8,11H2,1-6H3,(H,23,27). The number of thioether (sulfide) groups is 1. The molecule has 0 aliphatic rings. The number of amides is 1. The van der Waals surface area contributed by atoms with Gasteiger partial charge < -0.3 is 10.1 Å². The molecule has 0 saturated heterocycles. The first-order chi connectivity index (χ1) is 15.3. The van der Waals surface area contributed by atoms with Crippen LogP contribution in [0.1, 0.15) is 59.4 Å². The number of esters is 1. The van der Waals surface area contributed by atoms with Crippen LogP contribution in [0.2, 0.25) is 0 Å². The van der Waals surface area contributed by atoms with Crippen LogP contribution in [-0.4, -0.2) is 39.5 Å². The fourth-order valence-corrected chi connectivity index (χ4v) is 6.25. The largest absolute Gasteiger partial charge is 0.465 e. The summed E-state index contributed by atoms with van der Waals surface area (Å²) in [6.07, 6.45) is 1.68. The summed E-state index contributed by atoms with van der Waals surface area (Å²) in [5.74, 6) is 0.342. The van der Waals surface area contributed by atoms with Crippen molar-refractivity contribution in [1.82, 2.24) is 14.8 Å². The predicted octanol–water partition coefficient (Wildman–Crippen LogP) is 5.60. The van der Waals surface area contributed by atoms with E-state index in [9.17, 15) is 9.59 Å². The number of aromatic nitrogens is 3. The average molecular weight is 493 g/mol. The van der Waals surface area contributed by atoms with Gasteiger partial charge in [0.25, 0.3) is 0 Å². The maximum Gasteiger partial charge on any atom is 0.341 e. The fraction of sp³-hybridized carbons (Fsp3) is 0.455. The third-order valence-corrected chi connectivity index (χ3v) is 8.07. The number of carbonyl (C=O) groups is 2. The molecular weight excluding hydrogens is 464 g/mol. The molecule has 1 N–H and O–H groups in total. The van der Waals surface area contributed by atoms with Crippen LogP contribution in [0, 0.1) is 6.92 Å². The number of rotatable bonds is 9. The number of ether oxygens (including phenoxy) is 1. The second-order valence-corrected chi connectivity index (χ2v) is 10.6. The van der Waals surface area contributed by atoms with E-state index in [1.807, 2.05) is 13.8 Å². The molecule has 3 heterocycles. The van der Waals surface area contributed by atoms with E-state index >= 15 is 0 Å². The number of methoxy groups -OCH3 is 1. The highest BCUT2D eigenvalue weighted by Gasteiger charge is 2.24. The maximum atomic E-state index is 12.7. The second kappa shape index (κ2) is 10.6. The van der Waals surface area contributed by atoms with E-state index in [-0.39, 0.29) is 17.7 Å². The molecule has 172 valence electrons. The Bertz CT molecular complexity index is 1110. The first-order valence-electron chi connectivity index (χ1n) is 10.5. The van der Waals surface area contributed by atoms with Crippen molar-refractivity contribution in [3.05, 3.63) is 32.3 Å². The highest BCUT2D eigenvalue weighted by Crippen LogP contribution is 2.35. The van der Waals surface area contributed by atoms with Gasteiger partial charge in [-0.3, -0.25) is 9.36 Å². The van der Waals surface area contributed by atoms with Crippen molar-refractivity contribution in [3.8, 4) is 11.4 Å². The second-order valence-electron chi connectivity index (χ2n) is 7.45. The maximum absolute atomic E-state index is 12.7. The number of nitrogens with one attached hydrogen (secondary N) is 1. The molecule has 7 nitrogen and oxygen atoms in total. The molecule has 3 aromatic heterocycles. The van der Waals surface area contributed by atoms with Gasteiger partial charge in [-0.05, 0) is 45.2 Å². The monoisotopic (exact) mass is 492 g/mol. The Morgan fingerprint density at radius 3 is 2.59 bits per heavy atom. The minimum Gasteiger partial charge on any atom is -0.465 e. The van der Waals surface area contributed by atoms with Crippen LogP contribution >= 0.6 is 34.4 Å². The van der Waals surface area contributed by atoms with E-state index in [0.29, 0.717) is 22.1 Å². The third kappa shape index (κ3) is 5.07. The number of hydrogen-bond acceptors (Lipinski definition) is 8. The summed E-state index contributed by atoms with van der Waals surface area (Å²) in [4.78, 5) is 27.3. The van der Waals surface area contributed by atoms with Crippen LogP contribution < -0.4 is 5.32 Å². The molecule has 32 heavy (non-hydrogen) atoms. The van der Waals surface area contributed by atoms with Crippen molar-refractivity contribution < 1.29 is 14.3 Å². The van der Waals surface area contributed by atoms with Gasteiger partial charge in [0, 0.05) is 26.7 Å². The number of hydrogen-bond donors (Lipinski definition) is 1. The van der Waals surface area contributed by atoms with Gasteiger partial charge in [-0.2, -0.15) is 0 Å². The van der Waals surface area contributed by atoms with Crippen molar-refractivity contribution in [3.63, 3.8) is 0 Å². The summed E-state index contributed by atoms with van der Waals surface area (Å²) in [7, 11) is 1.35. The van der Waals surface area contributed by atoms with Gasteiger partial charge in [0.2, 0.25) is 5.91 Å². The summed E-state index contributed by atoms with van der Waals surface area (Å²) < 4.78 is 6.99. The van der Waals surface area contributed by atoms with Gasteiger partial charge >= 0.3 is 5.97 Å². The highest BCUT2D eigenvalue weighted by atomic mass is 32.2. The zero-order chi connectivity index (χ0) is 23.4. The number of aryl methyl sites for hydroxylation is 2. The molecule has 3 rings (SSSR count). The Hall–Kier alpha value is -2.17. The Morgan fingerprint density at radius 2 is 2.00 bits per heavy atom. The van der Waals surface area contributed by atoms with Gasteiger partial charge in [-0.15, -0.1) is 32.9 Å². The highest BCUT2D eigenvalue weighted by molar-refractivity contribution is 7.99. The van der Waals surface area contributed by atoms with Crippen LogP contribution in [0.5, 0.6) is 0 Å². The van der Waals surface area contributed by atoms with E-state index in [1.54, 1.807) is 11.3 Å². The fourth-order valence-electron chi connectivity index (χ4n) is 3.42. The van der Waals surface area contributed by atoms with Crippen molar-refractivity contribution in [1.29, 1.82) is 0 Å². The Labute approximate surface area is 200 Å². The van der Waals surface area contributed by atoms with E-state index in [1.165, 1.54) is 35.1 Å². The number of thiophene rings is 2. The van der Waals surface area contributed by atoms with Crippen molar-refractivity contribution in [2.75, 3.05) is 18.2 Å². The molecule has 0 fully saturated rings. The van der Waals surface area contributed by atoms with Crippen molar-refractivity contribution >= 4 is 51.3 Å². The molecule has 0 aliphatic carbocycles. The minimum atomic E-state index is -0.430. The lowest BCUT2D eigenvalue weighted by molar-refractivity contribution is -0.113. The van der Waals surface area contributed by atoms with E-state index in [2.05, 4.69) is 52.3 Å². The summed E-state index contributed by atoms with van der Waals surface area (Å²) >= 11 is 4.45. The zero-order valence-electron chi connectivity index (χ0n) is 19.1. The lowest BCUT2D eigenvalue weighted by Gasteiger charge is -2.13. The summed E-state index contributed by atoms with van der Waals surface area (Å²) in [5, 5.41) is 15.0. The lowest BCUT2D eigenvalue weighted by atomic mass is 10.1. The summed E-state index contributed by atoms with van der Waals surface area (Å²) in [6, 6.07) is 2.29. The number of carbonyl (C=O) groups excluding carboxylic acids is 2. The van der Waals surface area contributed by atoms with E-state index < -0.39 is 5.97 Å². The van der Waals surface area contributed by atoms with Gasteiger partial charge in [-0.1, -0.05) is 25.6 Å². The first-order valence-corrected chi connectivity index (χ1v) is 13.1. The average Bonchev–Trinajstić information content (AvgIpc) is 3.47. The first kappa shape index (κ1) is 24.5. The molecule has 0 aromatic carbocycles. The van der Waals surface area contributed by atoms with Gasteiger partial charge in [0.1, 0.15) is 5.00 Å². The topological polar surface area (TPSA) is 86.1 Å². The van der Waals surface area contributed by atoms with E-state index in [0.717, 1.165) is 28.2 Å². The van der Waals surface area contributed by atoms with Crippen LogP contribution in [0.4, 0.5) is 5.00 Å². The van der Waals surface area contributed by atoms with Crippen LogP contribution in [0.15, 0.2) is 16.6 Å². The Balaban J connectivity index is 1.77. The van der Waals surface area contributed by atoms with Crippen molar-refractivity contribution in [2.45, 2.75) is 58.7 Å². The normalized spacial score (nSPS) is 11.2. The molecule has 0 aliphatic heterocycles. The molecule has 0 bridgehead atoms. The SMILES string of the molecule is CCc1cc(-c2nnc(SCC(=O)Nc3sc(C)c(CC)c3C(=O)OC)n2C(C)C)cs1. The van der Waals surface area contributed by atoms with Gasteiger partial charge in [0.15, 0.2) is 11.0 Å².